The highest BCUT2D eigenvalue weighted by atomic mass is 35.5. The first-order valence-corrected chi connectivity index (χ1v) is 10.2. The molecule has 3 heterocycles. The van der Waals surface area contributed by atoms with Crippen LogP contribution in [0, 0.1) is 0 Å². The standard InChI is InChI=1S/C20H21ClN6O2/c21-12-9-13-18(29-15(25-13)11-22-10-14-23-7-4-8-24-14)16-17(12)26-19(28)27-20(16)5-2-1-3-6-20/h4,7-9,22H,1-3,5-6,10-11H2,(H2,26,27,28). The van der Waals surface area contributed by atoms with E-state index in [1.165, 1.54) is 0 Å². The lowest BCUT2D eigenvalue weighted by atomic mass is 9.74. The molecule has 1 fully saturated rings. The Bertz CT molecular complexity index is 1060. The molecule has 2 amide bonds. The van der Waals surface area contributed by atoms with Gasteiger partial charge in [0, 0.05) is 18.0 Å². The van der Waals surface area contributed by atoms with Crippen molar-refractivity contribution in [1.29, 1.82) is 0 Å². The van der Waals surface area contributed by atoms with Gasteiger partial charge in [-0.1, -0.05) is 30.9 Å². The van der Waals surface area contributed by atoms with Gasteiger partial charge in [-0.05, 0) is 25.0 Å². The number of rotatable bonds is 4. The number of carbonyl (C=O) groups is 1. The number of hydrogen-bond donors (Lipinski definition) is 3. The summed E-state index contributed by atoms with van der Waals surface area (Å²) in [4.78, 5) is 25.3. The number of aromatic nitrogens is 3. The van der Waals surface area contributed by atoms with Gasteiger partial charge in [0.25, 0.3) is 0 Å². The summed E-state index contributed by atoms with van der Waals surface area (Å²) in [5.74, 6) is 1.26. The Morgan fingerprint density at radius 2 is 1.97 bits per heavy atom. The van der Waals surface area contributed by atoms with Gasteiger partial charge in [0.05, 0.1) is 29.3 Å². The lowest BCUT2D eigenvalue weighted by molar-refractivity contribution is 0.209. The van der Waals surface area contributed by atoms with E-state index in [-0.39, 0.29) is 6.03 Å². The molecule has 1 spiro atoms. The molecule has 8 nitrogen and oxygen atoms in total. The fraction of sp³-hybridized carbons (Fsp3) is 0.400. The Morgan fingerprint density at radius 1 is 1.17 bits per heavy atom. The van der Waals surface area contributed by atoms with Crippen LogP contribution >= 0.6 is 11.6 Å². The summed E-state index contributed by atoms with van der Waals surface area (Å²) in [6, 6.07) is 3.32. The number of urea groups is 1. The predicted octanol–water partition coefficient (Wildman–Crippen LogP) is 3.86. The first-order valence-electron chi connectivity index (χ1n) is 9.83. The Morgan fingerprint density at radius 3 is 2.76 bits per heavy atom. The molecular weight excluding hydrogens is 392 g/mol. The second-order valence-corrected chi connectivity index (χ2v) is 7.96. The molecule has 5 rings (SSSR count). The van der Waals surface area contributed by atoms with Gasteiger partial charge in [-0.3, -0.25) is 0 Å². The van der Waals surface area contributed by atoms with Gasteiger partial charge in [0.15, 0.2) is 5.58 Å². The van der Waals surface area contributed by atoms with Crippen molar-refractivity contribution in [3.63, 3.8) is 0 Å². The van der Waals surface area contributed by atoms with Crippen molar-refractivity contribution in [3.8, 4) is 0 Å². The van der Waals surface area contributed by atoms with Crippen LogP contribution in [-0.2, 0) is 18.6 Å². The van der Waals surface area contributed by atoms with Crippen molar-refractivity contribution in [1.82, 2.24) is 25.6 Å². The van der Waals surface area contributed by atoms with Crippen molar-refractivity contribution in [2.24, 2.45) is 0 Å². The average molecular weight is 413 g/mol. The number of benzene rings is 1. The van der Waals surface area contributed by atoms with Gasteiger partial charge in [-0.25, -0.2) is 19.7 Å². The van der Waals surface area contributed by atoms with Gasteiger partial charge >= 0.3 is 6.03 Å². The number of oxazole rings is 1. The highest BCUT2D eigenvalue weighted by Gasteiger charge is 2.44. The zero-order chi connectivity index (χ0) is 19.8. The molecule has 2 aliphatic rings. The van der Waals surface area contributed by atoms with E-state index < -0.39 is 5.54 Å². The van der Waals surface area contributed by atoms with Crippen molar-refractivity contribution >= 4 is 34.4 Å². The van der Waals surface area contributed by atoms with Crippen LogP contribution < -0.4 is 16.0 Å². The van der Waals surface area contributed by atoms with Gasteiger partial charge in [0.2, 0.25) is 5.89 Å². The number of nitrogens with zero attached hydrogens (tertiary/aromatic N) is 3. The lowest BCUT2D eigenvalue weighted by Gasteiger charge is -2.42. The van der Waals surface area contributed by atoms with Crippen LogP contribution in [0.15, 0.2) is 28.9 Å². The minimum Gasteiger partial charge on any atom is -0.439 e. The molecule has 1 aromatic carbocycles. The highest BCUT2D eigenvalue weighted by molar-refractivity contribution is 6.35. The van der Waals surface area contributed by atoms with E-state index >= 15 is 0 Å². The summed E-state index contributed by atoms with van der Waals surface area (Å²) >= 11 is 6.53. The van der Waals surface area contributed by atoms with E-state index in [1.54, 1.807) is 24.5 Å². The van der Waals surface area contributed by atoms with Crippen LogP contribution in [-0.4, -0.2) is 21.0 Å². The second kappa shape index (κ2) is 7.27. The van der Waals surface area contributed by atoms with E-state index in [4.69, 9.17) is 16.0 Å². The zero-order valence-corrected chi connectivity index (χ0v) is 16.6. The molecular formula is C20H21ClN6O2. The first kappa shape index (κ1) is 18.3. The minimum atomic E-state index is -0.457. The third-order valence-corrected chi connectivity index (χ3v) is 5.93. The fourth-order valence-corrected chi connectivity index (χ4v) is 4.64. The number of hydrogen-bond acceptors (Lipinski definition) is 6. The number of anilines is 1. The maximum atomic E-state index is 12.3. The smallest absolute Gasteiger partial charge is 0.319 e. The summed E-state index contributed by atoms with van der Waals surface area (Å²) in [7, 11) is 0. The van der Waals surface area contributed by atoms with E-state index in [1.807, 2.05) is 0 Å². The van der Waals surface area contributed by atoms with Crippen LogP contribution in [0.25, 0.3) is 11.1 Å². The van der Waals surface area contributed by atoms with Gasteiger partial charge in [-0.15, -0.1) is 0 Å². The van der Waals surface area contributed by atoms with Gasteiger partial charge < -0.3 is 20.4 Å². The van der Waals surface area contributed by atoms with Crippen molar-refractivity contribution in [2.45, 2.75) is 50.7 Å². The highest BCUT2D eigenvalue weighted by Crippen LogP contribution is 2.48. The maximum Gasteiger partial charge on any atom is 0.319 e. The molecule has 2 aromatic heterocycles. The third-order valence-electron chi connectivity index (χ3n) is 5.63. The van der Waals surface area contributed by atoms with Crippen LogP contribution in [0.4, 0.5) is 10.5 Å². The Hall–Kier alpha value is -2.71. The molecule has 3 aromatic rings. The average Bonchev–Trinajstić information content (AvgIpc) is 3.11. The molecule has 3 N–H and O–H groups in total. The van der Waals surface area contributed by atoms with E-state index in [0.29, 0.717) is 46.6 Å². The molecule has 29 heavy (non-hydrogen) atoms. The third kappa shape index (κ3) is 3.32. The Labute approximate surface area is 172 Å². The summed E-state index contributed by atoms with van der Waals surface area (Å²) < 4.78 is 6.16. The lowest BCUT2D eigenvalue weighted by Crippen LogP contribution is -2.52. The summed E-state index contributed by atoms with van der Waals surface area (Å²) in [6.07, 6.45) is 8.41. The zero-order valence-electron chi connectivity index (χ0n) is 15.8. The molecule has 0 bridgehead atoms. The minimum absolute atomic E-state index is 0.218. The first-order chi connectivity index (χ1) is 14.1. The predicted molar refractivity (Wildman–Crippen MR) is 109 cm³/mol. The molecule has 1 saturated carbocycles. The SMILES string of the molecule is O=C1Nc2c(Cl)cc3nc(CNCc4ncccn4)oc3c2C2(CCCCC2)N1. The van der Waals surface area contributed by atoms with E-state index in [0.717, 1.165) is 37.7 Å². The van der Waals surface area contributed by atoms with Crippen molar-refractivity contribution in [2.75, 3.05) is 5.32 Å². The summed E-state index contributed by atoms with van der Waals surface area (Å²) in [6.45, 7) is 0.950. The molecule has 0 saturated heterocycles. The quantitative estimate of drug-likeness (QED) is 0.601. The fourth-order valence-electron chi connectivity index (χ4n) is 4.39. The topological polar surface area (TPSA) is 105 Å². The number of carbonyl (C=O) groups excluding carboxylic acids is 1. The van der Waals surface area contributed by atoms with Crippen molar-refractivity contribution in [3.05, 3.63) is 46.8 Å². The molecule has 0 unspecified atom stereocenters. The molecule has 0 radical (unpaired) electrons. The largest absolute Gasteiger partial charge is 0.439 e. The Balaban J connectivity index is 1.49. The van der Waals surface area contributed by atoms with Gasteiger partial charge in [-0.2, -0.15) is 0 Å². The van der Waals surface area contributed by atoms with E-state index in [2.05, 4.69) is 30.9 Å². The number of nitrogens with one attached hydrogen (secondary N) is 3. The van der Waals surface area contributed by atoms with Crippen LogP contribution in [0.1, 0.15) is 49.4 Å². The number of amides is 2. The second-order valence-electron chi connectivity index (χ2n) is 7.55. The van der Waals surface area contributed by atoms with Gasteiger partial charge in [0.1, 0.15) is 11.3 Å². The van der Waals surface area contributed by atoms with Crippen LogP contribution in [0.2, 0.25) is 5.02 Å². The Kier molecular flexibility index (Phi) is 4.60. The number of fused-ring (bicyclic) bond motifs is 4. The summed E-state index contributed by atoms with van der Waals surface area (Å²) in [5.41, 5.74) is 2.49. The number of halogens is 1. The maximum absolute atomic E-state index is 12.3. The molecule has 0 atom stereocenters. The monoisotopic (exact) mass is 412 g/mol. The van der Waals surface area contributed by atoms with Crippen LogP contribution in [0.3, 0.4) is 0 Å². The normalized spacial score (nSPS) is 17.8. The molecule has 150 valence electrons. The van der Waals surface area contributed by atoms with Crippen LogP contribution in [0.5, 0.6) is 0 Å². The van der Waals surface area contributed by atoms with Crippen molar-refractivity contribution < 1.29 is 9.21 Å². The molecule has 1 aliphatic heterocycles. The molecule has 9 heteroatoms. The molecule has 1 aliphatic carbocycles. The summed E-state index contributed by atoms with van der Waals surface area (Å²) in [5, 5.41) is 9.75. The van der Waals surface area contributed by atoms with E-state index in [9.17, 15) is 4.79 Å².